The summed E-state index contributed by atoms with van der Waals surface area (Å²) in [7, 11) is 3.18. The van der Waals surface area contributed by atoms with E-state index in [9.17, 15) is 19.2 Å². The van der Waals surface area contributed by atoms with Crippen LogP contribution in [0.5, 0.6) is 5.75 Å². The summed E-state index contributed by atoms with van der Waals surface area (Å²) < 4.78 is 10.3. The number of ether oxygens (including phenoxy) is 2. The topological polar surface area (TPSA) is 114 Å². The molecule has 0 unspecified atom stereocenters. The molecular weight excluding hydrogens is 486 g/mol. The highest BCUT2D eigenvalue weighted by Crippen LogP contribution is 2.24. The minimum Gasteiger partial charge on any atom is -0.497 e. The zero-order valence-electron chi connectivity index (χ0n) is 24.3. The van der Waals surface area contributed by atoms with Crippen molar-refractivity contribution in [3.63, 3.8) is 0 Å². The number of methoxy groups -OCH3 is 1. The molecule has 0 bridgehead atoms. The van der Waals surface area contributed by atoms with Gasteiger partial charge >= 0.3 is 5.97 Å². The Balaban J connectivity index is 3.37. The molecule has 0 aromatic heterocycles. The largest absolute Gasteiger partial charge is 0.497 e. The van der Waals surface area contributed by atoms with Gasteiger partial charge in [0.05, 0.1) is 19.8 Å². The Bertz CT molecular complexity index is 1070. The van der Waals surface area contributed by atoms with Crippen LogP contribution in [0.15, 0.2) is 41.6 Å². The fourth-order valence-electron chi connectivity index (χ4n) is 3.77. The van der Waals surface area contributed by atoms with Crippen LogP contribution in [0.25, 0.3) is 6.08 Å². The van der Waals surface area contributed by atoms with Crippen molar-refractivity contribution in [3.05, 3.63) is 47.2 Å². The number of likely N-dealkylation sites (N-methyl/N-ethyl adjacent to an activating group) is 1. The van der Waals surface area contributed by atoms with E-state index in [2.05, 4.69) is 10.6 Å². The van der Waals surface area contributed by atoms with Crippen molar-refractivity contribution < 1.29 is 28.7 Å². The molecule has 9 nitrogen and oxygen atoms in total. The van der Waals surface area contributed by atoms with Gasteiger partial charge in [-0.3, -0.25) is 14.4 Å². The van der Waals surface area contributed by atoms with Crippen LogP contribution in [0.3, 0.4) is 0 Å². The molecule has 38 heavy (non-hydrogen) atoms. The summed E-state index contributed by atoms with van der Waals surface area (Å²) in [5, 5.41) is 5.39. The van der Waals surface area contributed by atoms with Gasteiger partial charge in [0.1, 0.15) is 17.5 Å². The molecule has 0 aliphatic rings. The maximum Gasteiger partial charge on any atom is 0.333 e. The smallest absolute Gasteiger partial charge is 0.333 e. The second kappa shape index (κ2) is 14.4. The minimum atomic E-state index is -0.931. The molecule has 210 valence electrons. The standard InChI is InChI=1S/C29H43N3O6/c1-11-38-28(36)19(4)15-24(18(2)3)32(9)27(35)25(29(6,7)8)31-26(34)23(30-20(5)33)17-21-13-12-14-22(16-21)37-10/h12-18,24-25H,11H2,1-10H3,(H,30,33)(H,31,34)/b19-15+,23-17-/t24-,25-/m1/s1. The first-order valence-electron chi connectivity index (χ1n) is 12.7. The van der Waals surface area contributed by atoms with Crippen LogP contribution in [0.4, 0.5) is 0 Å². The predicted octanol–water partition coefficient (Wildman–Crippen LogP) is 3.70. The number of benzene rings is 1. The van der Waals surface area contributed by atoms with E-state index in [1.165, 1.54) is 25.0 Å². The van der Waals surface area contributed by atoms with E-state index in [1.54, 1.807) is 51.2 Å². The monoisotopic (exact) mass is 529 g/mol. The lowest BCUT2D eigenvalue weighted by atomic mass is 9.85. The third kappa shape index (κ3) is 9.68. The van der Waals surface area contributed by atoms with E-state index in [0.717, 1.165) is 0 Å². The number of hydrogen-bond acceptors (Lipinski definition) is 6. The van der Waals surface area contributed by atoms with Crippen molar-refractivity contribution in [2.75, 3.05) is 20.8 Å². The third-order valence-electron chi connectivity index (χ3n) is 5.84. The summed E-state index contributed by atoms with van der Waals surface area (Å²) in [4.78, 5) is 52.8. The first-order valence-corrected chi connectivity index (χ1v) is 12.7. The Morgan fingerprint density at radius 1 is 1.11 bits per heavy atom. The highest BCUT2D eigenvalue weighted by molar-refractivity contribution is 6.03. The normalized spacial score (nSPS) is 13.9. The van der Waals surface area contributed by atoms with Gasteiger partial charge in [0.25, 0.3) is 5.91 Å². The number of carbonyl (C=O) groups excluding carboxylic acids is 4. The fraction of sp³-hybridized carbons (Fsp3) is 0.517. The van der Waals surface area contributed by atoms with Crippen molar-refractivity contribution in [1.82, 2.24) is 15.5 Å². The Labute approximate surface area is 226 Å². The summed E-state index contributed by atoms with van der Waals surface area (Å²) in [6.45, 7) is 14.4. The molecule has 0 saturated carbocycles. The molecule has 0 spiro atoms. The Morgan fingerprint density at radius 3 is 2.24 bits per heavy atom. The van der Waals surface area contributed by atoms with Gasteiger partial charge in [-0.05, 0) is 49.0 Å². The van der Waals surface area contributed by atoms with Crippen LogP contribution in [0.2, 0.25) is 0 Å². The minimum absolute atomic E-state index is 0.00563. The molecular formula is C29H43N3O6. The van der Waals surface area contributed by atoms with E-state index in [4.69, 9.17) is 9.47 Å². The molecule has 0 saturated heterocycles. The average Bonchev–Trinajstić information content (AvgIpc) is 2.83. The molecule has 1 aromatic carbocycles. The lowest BCUT2D eigenvalue weighted by molar-refractivity contribution is -0.140. The molecule has 2 N–H and O–H groups in total. The number of rotatable bonds is 11. The van der Waals surface area contributed by atoms with Crippen LogP contribution >= 0.6 is 0 Å². The van der Waals surface area contributed by atoms with Gasteiger partial charge in [0, 0.05) is 19.5 Å². The van der Waals surface area contributed by atoms with E-state index in [1.807, 2.05) is 34.6 Å². The summed E-state index contributed by atoms with van der Waals surface area (Å²) in [5.74, 6) is -1.24. The Kier molecular flexibility index (Phi) is 12.2. The zero-order chi connectivity index (χ0) is 29.2. The van der Waals surface area contributed by atoms with Gasteiger partial charge < -0.3 is 25.0 Å². The SMILES string of the molecule is CCOC(=O)/C(C)=C/[C@H](C(C)C)N(C)C(=O)[C@@H](NC(=O)/C(=C/c1cccc(OC)c1)NC(C)=O)C(C)(C)C. The second-order valence-electron chi connectivity index (χ2n) is 10.5. The predicted molar refractivity (Wildman–Crippen MR) is 148 cm³/mol. The quantitative estimate of drug-likeness (QED) is 0.334. The summed E-state index contributed by atoms with van der Waals surface area (Å²) in [5.41, 5.74) is 0.364. The summed E-state index contributed by atoms with van der Waals surface area (Å²) in [6, 6.07) is 5.67. The van der Waals surface area contributed by atoms with Gasteiger partial charge in [-0.25, -0.2) is 4.79 Å². The molecule has 0 radical (unpaired) electrons. The molecule has 1 rings (SSSR count). The molecule has 1 aromatic rings. The highest BCUT2D eigenvalue weighted by Gasteiger charge is 2.37. The maximum atomic E-state index is 13.8. The lowest BCUT2D eigenvalue weighted by Gasteiger charge is -2.37. The Hall–Kier alpha value is -3.62. The van der Waals surface area contributed by atoms with E-state index >= 15 is 0 Å². The van der Waals surface area contributed by atoms with Crippen LogP contribution in [0, 0.1) is 11.3 Å². The first-order chi connectivity index (χ1) is 17.6. The number of hydrogen-bond donors (Lipinski definition) is 2. The van der Waals surface area contributed by atoms with E-state index in [-0.39, 0.29) is 24.1 Å². The van der Waals surface area contributed by atoms with E-state index < -0.39 is 35.3 Å². The number of carbonyl (C=O) groups is 4. The maximum absolute atomic E-state index is 13.8. The van der Waals surface area contributed by atoms with Gasteiger partial charge in [-0.15, -0.1) is 0 Å². The van der Waals surface area contributed by atoms with Gasteiger partial charge in [0.15, 0.2) is 0 Å². The third-order valence-corrected chi connectivity index (χ3v) is 5.84. The molecule has 3 amide bonds. The van der Waals surface area contributed by atoms with Gasteiger partial charge in [-0.2, -0.15) is 0 Å². The molecule has 2 atom stereocenters. The number of esters is 1. The number of nitrogens with zero attached hydrogens (tertiary/aromatic N) is 1. The molecule has 9 heteroatoms. The van der Waals surface area contributed by atoms with Crippen LogP contribution < -0.4 is 15.4 Å². The van der Waals surface area contributed by atoms with Crippen LogP contribution in [0.1, 0.15) is 61.0 Å². The molecule has 0 aliphatic carbocycles. The number of nitrogens with one attached hydrogen (secondary N) is 2. The average molecular weight is 530 g/mol. The van der Waals surface area contributed by atoms with Gasteiger partial charge in [0.2, 0.25) is 11.8 Å². The fourth-order valence-corrected chi connectivity index (χ4v) is 3.77. The van der Waals surface area contributed by atoms with Crippen molar-refractivity contribution in [2.24, 2.45) is 11.3 Å². The van der Waals surface area contributed by atoms with Crippen LogP contribution in [-0.2, 0) is 23.9 Å². The van der Waals surface area contributed by atoms with Crippen molar-refractivity contribution >= 4 is 29.8 Å². The Morgan fingerprint density at radius 2 is 1.74 bits per heavy atom. The zero-order valence-corrected chi connectivity index (χ0v) is 24.3. The highest BCUT2D eigenvalue weighted by atomic mass is 16.5. The molecule has 0 fully saturated rings. The van der Waals surface area contributed by atoms with Crippen molar-refractivity contribution in [1.29, 1.82) is 0 Å². The molecule has 0 aliphatic heterocycles. The number of amides is 3. The second-order valence-corrected chi connectivity index (χ2v) is 10.5. The van der Waals surface area contributed by atoms with Crippen molar-refractivity contribution in [2.45, 2.75) is 67.5 Å². The van der Waals surface area contributed by atoms with Crippen molar-refractivity contribution in [3.8, 4) is 5.75 Å². The molecule has 0 heterocycles. The summed E-state index contributed by atoms with van der Waals surface area (Å²) in [6.07, 6.45) is 3.24. The summed E-state index contributed by atoms with van der Waals surface area (Å²) >= 11 is 0. The first kappa shape index (κ1) is 32.4. The van der Waals surface area contributed by atoms with E-state index in [0.29, 0.717) is 16.9 Å². The van der Waals surface area contributed by atoms with Crippen LogP contribution in [-0.4, -0.2) is 61.4 Å². The van der Waals surface area contributed by atoms with Gasteiger partial charge in [-0.1, -0.05) is 52.8 Å². The lowest BCUT2D eigenvalue weighted by Crippen LogP contribution is -2.57.